The second-order valence-electron chi connectivity index (χ2n) is 7.25. The van der Waals surface area contributed by atoms with E-state index in [1.54, 1.807) is 4.52 Å². The summed E-state index contributed by atoms with van der Waals surface area (Å²) >= 11 is 3.47. The fourth-order valence-electron chi connectivity index (χ4n) is 3.61. The van der Waals surface area contributed by atoms with Crippen molar-refractivity contribution in [1.29, 1.82) is 0 Å². The lowest BCUT2D eigenvalue weighted by Gasteiger charge is -2.27. The number of anilines is 1. The normalized spacial score (nSPS) is 14.0. The van der Waals surface area contributed by atoms with Gasteiger partial charge < -0.3 is 4.90 Å². The minimum Gasteiger partial charge on any atom is -0.351 e. The van der Waals surface area contributed by atoms with Crippen LogP contribution in [0.4, 0.5) is 14.6 Å². The molecule has 0 amide bonds. The van der Waals surface area contributed by atoms with E-state index in [4.69, 9.17) is 0 Å². The second kappa shape index (κ2) is 8.19. The zero-order valence-electron chi connectivity index (χ0n) is 16.5. The summed E-state index contributed by atoms with van der Waals surface area (Å²) in [6, 6.07) is 5.01. The van der Waals surface area contributed by atoms with Crippen LogP contribution in [0.25, 0.3) is 11.1 Å². The fourth-order valence-corrected chi connectivity index (χ4v) is 4.02. The van der Waals surface area contributed by atoms with Crippen LogP contribution in [-0.2, 0) is 0 Å². The first kappa shape index (κ1) is 20.4. The number of aromatic nitrogens is 5. The van der Waals surface area contributed by atoms with Crippen molar-refractivity contribution < 1.29 is 13.6 Å². The molecule has 0 fully saturated rings. The molecule has 0 saturated carbocycles. The van der Waals surface area contributed by atoms with Gasteiger partial charge in [0.1, 0.15) is 11.8 Å². The van der Waals surface area contributed by atoms with Gasteiger partial charge in [0.2, 0.25) is 0 Å². The maximum atomic E-state index is 13.4. The average Bonchev–Trinajstić information content (AvgIpc) is 3.21. The zero-order chi connectivity index (χ0) is 22.2. The minimum absolute atomic E-state index is 0.0426. The number of halogens is 3. The molecular weight excluding hydrogens is 482 g/mol. The summed E-state index contributed by atoms with van der Waals surface area (Å²) in [6.45, 7) is 1.35. The van der Waals surface area contributed by atoms with Gasteiger partial charge in [0, 0.05) is 41.7 Å². The lowest BCUT2D eigenvalue weighted by atomic mass is 10.0. The van der Waals surface area contributed by atoms with Crippen LogP contribution in [0.15, 0.2) is 59.7 Å². The van der Waals surface area contributed by atoms with Crippen molar-refractivity contribution in [1.82, 2.24) is 24.6 Å². The standard InChI is InChI=1S/C22H15BrF2N6O/c23-16-8-19-22(28-12-29-31(19)11-16)30-5-3-13(4-6-30)21-26-9-15(10-27-21)20(32)14-1-2-17(24)18(25)7-14/h1-3,7-12H,4-6H2. The Morgan fingerprint density at radius 3 is 2.56 bits per heavy atom. The van der Waals surface area contributed by atoms with Crippen LogP contribution in [0.1, 0.15) is 28.2 Å². The molecule has 1 aromatic carbocycles. The number of hydrogen-bond acceptors (Lipinski definition) is 6. The number of hydrogen-bond donors (Lipinski definition) is 0. The molecule has 10 heteroatoms. The molecule has 32 heavy (non-hydrogen) atoms. The molecule has 0 N–H and O–H groups in total. The lowest BCUT2D eigenvalue weighted by Crippen LogP contribution is -2.29. The Morgan fingerprint density at radius 1 is 1.03 bits per heavy atom. The van der Waals surface area contributed by atoms with Crippen molar-refractivity contribution >= 4 is 38.6 Å². The Labute approximate surface area is 189 Å². The third-order valence-corrected chi connectivity index (χ3v) is 5.68. The summed E-state index contributed by atoms with van der Waals surface area (Å²) in [7, 11) is 0. The van der Waals surface area contributed by atoms with E-state index in [0.29, 0.717) is 18.8 Å². The molecule has 4 aromatic rings. The van der Waals surface area contributed by atoms with E-state index < -0.39 is 17.4 Å². The molecule has 1 aliphatic rings. The molecule has 4 heterocycles. The van der Waals surface area contributed by atoms with E-state index in [9.17, 15) is 13.6 Å². The Morgan fingerprint density at radius 2 is 1.84 bits per heavy atom. The molecule has 3 aromatic heterocycles. The van der Waals surface area contributed by atoms with Crippen LogP contribution < -0.4 is 4.90 Å². The number of carbonyl (C=O) groups excluding carboxylic acids is 1. The maximum absolute atomic E-state index is 13.4. The predicted octanol–water partition coefficient (Wildman–Crippen LogP) is 4.08. The third kappa shape index (κ3) is 3.77. The summed E-state index contributed by atoms with van der Waals surface area (Å²) in [5.41, 5.74) is 2.13. The SMILES string of the molecule is O=C(c1cnc(C2=CCN(c3ncnn4cc(Br)cc34)CC2)nc1)c1ccc(F)c(F)c1. The molecule has 0 radical (unpaired) electrons. The summed E-state index contributed by atoms with van der Waals surface area (Å²) in [6.07, 6.45) is 8.96. The molecule has 1 aliphatic heterocycles. The van der Waals surface area contributed by atoms with E-state index >= 15 is 0 Å². The molecule has 5 rings (SSSR count). The van der Waals surface area contributed by atoms with E-state index in [-0.39, 0.29) is 11.1 Å². The van der Waals surface area contributed by atoms with Crippen LogP contribution in [0, 0.1) is 11.6 Å². The number of nitrogens with zero attached hydrogens (tertiary/aromatic N) is 6. The van der Waals surface area contributed by atoms with E-state index in [2.05, 4.69) is 40.9 Å². The van der Waals surface area contributed by atoms with Gasteiger partial charge in [-0.2, -0.15) is 5.10 Å². The zero-order valence-corrected chi connectivity index (χ0v) is 18.1. The molecule has 0 saturated heterocycles. The summed E-state index contributed by atoms with van der Waals surface area (Å²) < 4.78 is 29.2. The average molecular weight is 497 g/mol. The highest BCUT2D eigenvalue weighted by atomic mass is 79.9. The first-order valence-electron chi connectivity index (χ1n) is 9.74. The van der Waals surface area contributed by atoms with Gasteiger partial charge in [0.05, 0.1) is 5.56 Å². The van der Waals surface area contributed by atoms with Crippen molar-refractivity contribution in [2.45, 2.75) is 6.42 Å². The van der Waals surface area contributed by atoms with Gasteiger partial charge in [-0.1, -0.05) is 6.08 Å². The Bertz CT molecular complexity index is 1370. The third-order valence-electron chi connectivity index (χ3n) is 5.24. The van der Waals surface area contributed by atoms with Crippen LogP contribution in [0.5, 0.6) is 0 Å². The monoisotopic (exact) mass is 496 g/mol. The largest absolute Gasteiger partial charge is 0.351 e. The van der Waals surface area contributed by atoms with E-state index in [1.807, 2.05) is 18.3 Å². The number of ketones is 1. The fraction of sp³-hybridized carbons (Fsp3) is 0.136. The molecule has 0 bridgehead atoms. The van der Waals surface area contributed by atoms with Crippen molar-refractivity contribution in [3.8, 4) is 0 Å². The molecule has 0 unspecified atom stereocenters. The van der Waals surface area contributed by atoms with Crippen LogP contribution in [0.3, 0.4) is 0 Å². The lowest BCUT2D eigenvalue weighted by molar-refractivity contribution is 0.103. The van der Waals surface area contributed by atoms with Crippen molar-refractivity contribution in [2.75, 3.05) is 18.0 Å². The van der Waals surface area contributed by atoms with Crippen molar-refractivity contribution in [3.05, 3.63) is 88.3 Å². The molecule has 7 nitrogen and oxygen atoms in total. The van der Waals surface area contributed by atoms with Crippen LogP contribution in [0.2, 0.25) is 0 Å². The molecular formula is C22H15BrF2N6O. The topological polar surface area (TPSA) is 76.3 Å². The van der Waals surface area contributed by atoms with Gasteiger partial charge in [-0.05, 0) is 52.2 Å². The van der Waals surface area contributed by atoms with Gasteiger partial charge in [0.15, 0.2) is 29.1 Å². The van der Waals surface area contributed by atoms with Gasteiger partial charge in [-0.15, -0.1) is 0 Å². The number of rotatable bonds is 4. The van der Waals surface area contributed by atoms with E-state index in [0.717, 1.165) is 40.1 Å². The smallest absolute Gasteiger partial charge is 0.196 e. The number of carbonyl (C=O) groups is 1. The molecule has 0 aliphatic carbocycles. The van der Waals surface area contributed by atoms with Gasteiger partial charge in [0.25, 0.3) is 0 Å². The first-order valence-corrected chi connectivity index (χ1v) is 10.5. The van der Waals surface area contributed by atoms with Crippen LogP contribution in [-0.4, -0.2) is 43.4 Å². The minimum atomic E-state index is -1.07. The quantitative estimate of drug-likeness (QED) is 0.396. The van der Waals surface area contributed by atoms with Gasteiger partial charge >= 0.3 is 0 Å². The van der Waals surface area contributed by atoms with Crippen molar-refractivity contribution in [3.63, 3.8) is 0 Å². The molecule has 160 valence electrons. The van der Waals surface area contributed by atoms with Crippen molar-refractivity contribution in [2.24, 2.45) is 0 Å². The molecule has 0 atom stereocenters. The highest BCUT2D eigenvalue weighted by molar-refractivity contribution is 9.10. The number of benzene rings is 1. The van der Waals surface area contributed by atoms with Gasteiger partial charge in [-0.25, -0.2) is 28.2 Å². The highest BCUT2D eigenvalue weighted by Crippen LogP contribution is 2.27. The second-order valence-corrected chi connectivity index (χ2v) is 8.17. The first-order chi connectivity index (χ1) is 15.5. The summed E-state index contributed by atoms with van der Waals surface area (Å²) in [5, 5.41) is 4.22. The van der Waals surface area contributed by atoms with E-state index in [1.165, 1.54) is 24.8 Å². The summed E-state index contributed by atoms with van der Waals surface area (Å²) in [4.78, 5) is 27.7. The Balaban J connectivity index is 1.33. The predicted molar refractivity (Wildman–Crippen MR) is 117 cm³/mol. The maximum Gasteiger partial charge on any atom is 0.196 e. The Kier molecular flexibility index (Phi) is 5.22. The highest BCUT2D eigenvalue weighted by Gasteiger charge is 2.20. The van der Waals surface area contributed by atoms with Gasteiger partial charge in [-0.3, -0.25) is 4.79 Å². The Hall–Kier alpha value is -3.53. The number of fused-ring (bicyclic) bond motifs is 1. The molecule has 0 spiro atoms. The van der Waals surface area contributed by atoms with Crippen LogP contribution >= 0.6 is 15.9 Å². The summed E-state index contributed by atoms with van der Waals surface area (Å²) in [5.74, 6) is -1.16.